The van der Waals surface area contributed by atoms with E-state index in [1.165, 1.54) is 37.7 Å². The number of ether oxygens (including phenoxy) is 2. The Morgan fingerprint density at radius 1 is 0.933 bits per heavy atom. The van der Waals surface area contributed by atoms with Gasteiger partial charge in [-0.15, -0.1) is 0 Å². The molecule has 1 saturated carbocycles. The highest BCUT2D eigenvalue weighted by Gasteiger charge is 2.36. The van der Waals surface area contributed by atoms with Crippen molar-refractivity contribution >= 4 is 0 Å². The smallest absolute Gasteiger partial charge is 0.172 e. The SMILES string of the molecule is C=C1CCCCCCCC2(C1)OCCO2. The molecule has 15 heavy (non-hydrogen) atoms. The third kappa shape index (κ3) is 3.05. The van der Waals surface area contributed by atoms with Crippen molar-refractivity contribution in [2.45, 2.75) is 57.2 Å². The molecule has 0 aromatic heterocycles. The molecule has 1 aliphatic carbocycles. The van der Waals surface area contributed by atoms with Gasteiger partial charge in [-0.1, -0.05) is 31.4 Å². The van der Waals surface area contributed by atoms with Crippen LogP contribution in [0.1, 0.15) is 51.4 Å². The van der Waals surface area contributed by atoms with Gasteiger partial charge in [0.25, 0.3) is 0 Å². The van der Waals surface area contributed by atoms with Gasteiger partial charge < -0.3 is 9.47 Å². The molecule has 0 amide bonds. The van der Waals surface area contributed by atoms with Crippen molar-refractivity contribution in [1.29, 1.82) is 0 Å². The lowest BCUT2D eigenvalue weighted by Gasteiger charge is -2.29. The third-order valence-corrected chi connectivity index (χ3v) is 3.42. The Bertz CT molecular complexity index is 217. The van der Waals surface area contributed by atoms with Crippen LogP contribution in [0.2, 0.25) is 0 Å². The van der Waals surface area contributed by atoms with Crippen LogP contribution in [0.5, 0.6) is 0 Å². The summed E-state index contributed by atoms with van der Waals surface area (Å²) < 4.78 is 11.6. The van der Waals surface area contributed by atoms with Crippen LogP contribution < -0.4 is 0 Å². The van der Waals surface area contributed by atoms with Gasteiger partial charge >= 0.3 is 0 Å². The van der Waals surface area contributed by atoms with Gasteiger partial charge in [0.2, 0.25) is 0 Å². The van der Waals surface area contributed by atoms with Gasteiger partial charge in [0.05, 0.1) is 13.2 Å². The van der Waals surface area contributed by atoms with Crippen LogP contribution in [0.25, 0.3) is 0 Å². The van der Waals surface area contributed by atoms with E-state index in [0.29, 0.717) is 0 Å². The number of hydrogen-bond donors (Lipinski definition) is 0. The lowest BCUT2D eigenvalue weighted by Crippen LogP contribution is -2.30. The molecule has 1 saturated heterocycles. The molecule has 2 nitrogen and oxygen atoms in total. The Labute approximate surface area is 92.6 Å². The molecule has 0 bridgehead atoms. The molecular weight excluding hydrogens is 188 g/mol. The second-order valence-corrected chi connectivity index (χ2v) is 4.80. The van der Waals surface area contributed by atoms with Crippen LogP contribution >= 0.6 is 0 Å². The Kier molecular flexibility index (Phi) is 3.81. The van der Waals surface area contributed by atoms with E-state index < -0.39 is 0 Å². The summed E-state index contributed by atoms with van der Waals surface area (Å²) in [5, 5.41) is 0. The fourth-order valence-corrected chi connectivity index (χ4v) is 2.60. The van der Waals surface area contributed by atoms with Crippen LogP contribution in [0, 0.1) is 0 Å². The van der Waals surface area contributed by atoms with E-state index in [-0.39, 0.29) is 5.79 Å². The average molecular weight is 210 g/mol. The molecule has 86 valence electrons. The summed E-state index contributed by atoms with van der Waals surface area (Å²) in [6.07, 6.45) is 9.65. The van der Waals surface area contributed by atoms with E-state index in [1.54, 1.807) is 0 Å². The van der Waals surface area contributed by atoms with Gasteiger partial charge in [-0.25, -0.2) is 0 Å². The molecule has 0 unspecified atom stereocenters. The maximum atomic E-state index is 5.80. The summed E-state index contributed by atoms with van der Waals surface area (Å²) in [6, 6.07) is 0. The van der Waals surface area contributed by atoms with Crippen LogP contribution in [0.15, 0.2) is 12.2 Å². The maximum Gasteiger partial charge on any atom is 0.172 e. The van der Waals surface area contributed by atoms with Crippen molar-refractivity contribution in [2.75, 3.05) is 13.2 Å². The predicted molar refractivity (Wildman–Crippen MR) is 60.7 cm³/mol. The van der Waals surface area contributed by atoms with Gasteiger partial charge in [-0.2, -0.15) is 0 Å². The topological polar surface area (TPSA) is 18.5 Å². The second-order valence-electron chi connectivity index (χ2n) is 4.80. The van der Waals surface area contributed by atoms with Crippen LogP contribution in [0.4, 0.5) is 0 Å². The fraction of sp³-hybridized carbons (Fsp3) is 0.846. The summed E-state index contributed by atoms with van der Waals surface area (Å²) in [5.74, 6) is -0.297. The van der Waals surface area contributed by atoms with E-state index in [9.17, 15) is 0 Å². The molecule has 0 aromatic rings. The van der Waals surface area contributed by atoms with Crippen LogP contribution in [-0.2, 0) is 9.47 Å². The predicted octanol–water partition coefficient (Wildman–Crippen LogP) is 3.42. The Hall–Kier alpha value is -0.340. The summed E-state index contributed by atoms with van der Waals surface area (Å²) in [6.45, 7) is 5.66. The highest BCUT2D eigenvalue weighted by molar-refractivity contribution is 5.00. The van der Waals surface area contributed by atoms with Crippen molar-refractivity contribution in [3.63, 3.8) is 0 Å². The zero-order valence-electron chi connectivity index (χ0n) is 9.59. The number of rotatable bonds is 0. The molecule has 0 aromatic carbocycles. The van der Waals surface area contributed by atoms with E-state index >= 15 is 0 Å². The van der Waals surface area contributed by atoms with Crippen molar-refractivity contribution in [3.8, 4) is 0 Å². The summed E-state index contributed by atoms with van der Waals surface area (Å²) in [7, 11) is 0. The fourth-order valence-electron chi connectivity index (χ4n) is 2.60. The summed E-state index contributed by atoms with van der Waals surface area (Å²) >= 11 is 0. The first-order chi connectivity index (χ1) is 7.31. The first-order valence-electron chi connectivity index (χ1n) is 6.25. The minimum atomic E-state index is -0.297. The van der Waals surface area contributed by atoms with E-state index in [1.807, 2.05) is 0 Å². The molecule has 2 fully saturated rings. The molecular formula is C13H22O2. The highest BCUT2D eigenvalue weighted by atomic mass is 16.7. The minimum absolute atomic E-state index is 0.297. The lowest BCUT2D eigenvalue weighted by molar-refractivity contribution is -0.162. The molecule has 0 radical (unpaired) electrons. The Morgan fingerprint density at radius 3 is 2.40 bits per heavy atom. The first-order valence-corrected chi connectivity index (χ1v) is 6.25. The van der Waals surface area contributed by atoms with E-state index in [4.69, 9.17) is 9.47 Å². The molecule has 1 heterocycles. The zero-order valence-corrected chi connectivity index (χ0v) is 9.59. The molecule has 0 N–H and O–H groups in total. The van der Waals surface area contributed by atoms with Crippen molar-refractivity contribution in [3.05, 3.63) is 12.2 Å². The average Bonchev–Trinajstić information content (AvgIpc) is 2.65. The summed E-state index contributed by atoms with van der Waals surface area (Å²) in [4.78, 5) is 0. The van der Waals surface area contributed by atoms with E-state index in [2.05, 4.69) is 6.58 Å². The Morgan fingerprint density at radius 2 is 1.60 bits per heavy atom. The summed E-state index contributed by atoms with van der Waals surface area (Å²) in [5.41, 5.74) is 1.30. The van der Waals surface area contributed by atoms with Crippen molar-refractivity contribution < 1.29 is 9.47 Å². The maximum absolute atomic E-state index is 5.80. The minimum Gasteiger partial charge on any atom is -0.347 e. The molecule has 2 rings (SSSR count). The largest absolute Gasteiger partial charge is 0.347 e. The van der Waals surface area contributed by atoms with E-state index in [0.717, 1.165) is 32.5 Å². The zero-order chi connectivity index (χ0) is 10.6. The lowest BCUT2D eigenvalue weighted by atomic mass is 9.94. The molecule has 1 aliphatic heterocycles. The molecule has 1 spiro atoms. The third-order valence-electron chi connectivity index (χ3n) is 3.42. The van der Waals surface area contributed by atoms with Crippen LogP contribution in [-0.4, -0.2) is 19.0 Å². The second kappa shape index (κ2) is 5.13. The molecule has 0 atom stereocenters. The molecule has 2 aliphatic rings. The van der Waals surface area contributed by atoms with Gasteiger partial charge in [0.1, 0.15) is 0 Å². The highest BCUT2D eigenvalue weighted by Crippen LogP contribution is 2.34. The normalized spacial score (nSPS) is 28.1. The quantitative estimate of drug-likeness (QED) is 0.570. The monoisotopic (exact) mass is 210 g/mol. The van der Waals surface area contributed by atoms with Crippen molar-refractivity contribution in [1.82, 2.24) is 0 Å². The first kappa shape index (κ1) is 11.2. The number of hydrogen-bond acceptors (Lipinski definition) is 2. The van der Waals surface area contributed by atoms with Gasteiger partial charge in [-0.05, 0) is 19.3 Å². The van der Waals surface area contributed by atoms with Gasteiger partial charge in [0.15, 0.2) is 5.79 Å². The van der Waals surface area contributed by atoms with Gasteiger partial charge in [0, 0.05) is 12.8 Å². The Balaban J connectivity index is 1.96. The van der Waals surface area contributed by atoms with Crippen molar-refractivity contribution in [2.24, 2.45) is 0 Å². The van der Waals surface area contributed by atoms with Crippen LogP contribution in [0.3, 0.4) is 0 Å². The standard InChI is InChI=1S/C13H22O2/c1-12-7-5-3-2-4-6-8-13(11-12)14-9-10-15-13/h1-11H2. The molecule has 2 heteroatoms. The van der Waals surface area contributed by atoms with Gasteiger partial charge in [-0.3, -0.25) is 0 Å².